The number of para-hydroxylation sites is 2. The van der Waals surface area contributed by atoms with Crippen LogP contribution in [-0.4, -0.2) is 30.9 Å². The Balaban J connectivity index is 1.69. The second-order valence-corrected chi connectivity index (χ2v) is 6.08. The molecule has 1 heterocycles. The highest BCUT2D eigenvalue weighted by Crippen LogP contribution is 2.32. The first kappa shape index (κ1) is 13.7. The quantitative estimate of drug-likeness (QED) is 0.919. The summed E-state index contributed by atoms with van der Waals surface area (Å²) in [6.07, 6.45) is 7.08. The maximum atomic E-state index is 10.6. The summed E-state index contributed by atoms with van der Waals surface area (Å²) in [4.78, 5) is 2.31. The molecular formula is C17H25NO2. The van der Waals surface area contributed by atoms with E-state index in [-0.39, 0.29) is 6.10 Å². The van der Waals surface area contributed by atoms with E-state index < -0.39 is 0 Å². The number of rotatable bonds is 3. The Morgan fingerprint density at radius 3 is 2.80 bits per heavy atom. The number of ether oxygens (including phenoxy) is 1. The van der Waals surface area contributed by atoms with E-state index in [1.807, 2.05) is 18.2 Å². The van der Waals surface area contributed by atoms with Crippen molar-refractivity contribution < 1.29 is 9.84 Å². The fourth-order valence-corrected chi connectivity index (χ4v) is 3.48. The fraction of sp³-hybridized carbons (Fsp3) is 0.647. The standard InChI is InChI=1S/C17H25NO2/c19-16(14-7-2-1-3-8-14)13-18-11-6-12-20-17-10-5-4-9-15(17)18/h4-5,9-10,14,16,19H,1-3,6-8,11-13H2. The molecule has 3 rings (SSSR count). The van der Waals surface area contributed by atoms with Gasteiger partial charge in [0.05, 0.1) is 18.4 Å². The van der Waals surface area contributed by atoms with Crippen molar-refractivity contribution in [2.24, 2.45) is 5.92 Å². The summed E-state index contributed by atoms with van der Waals surface area (Å²) >= 11 is 0. The second kappa shape index (κ2) is 6.49. The van der Waals surface area contributed by atoms with Crippen LogP contribution in [-0.2, 0) is 0 Å². The third-order valence-corrected chi connectivity index (χ3v) is 4.64. The molecule has 3 nitrogen and oxygen atoms in total. The summed E-state index contributed by atoms with van der Waals surface area (Å²) < 4.78 is 5.78. The van der Waals surface area contributed by atoms with Gasteiger partial charge in [-0.15, -0.1) is 0 Å². The molecule has 1 N–H and O–H groups in total. The summed E-state index contributed by atoms with van der Waals surface area (Å²) in [5, 5.41) is 10.6. The molecule has 0 radical (unpaired) electrons. The van der Waals surface area contributed by atoms with Gasteiger partial charge in [0, 0.05) is 13.1 Å². The zero-order valence-corrected chi connectivity index (χ0v) is 12.1. The topological polar surface area (TPSA) is 32.7 Å². The zero-order valence-electron chi connectivity index (χ0n) is 12.1. The van der Waals surface area contributed by atoms with Gasteiger partial charge in [-0.1, -0.05) is 31.4 Å². The summed E-state index contributed by atoms with van der Waals surface area (Å²) in [7, 11) is 0. The molecule has 0 bridgehead atoms. The maximum absolute atomic E-state index is 10.6. The van der Waals surface area contributed by atoms with E-state index >= 15 is 0 Å². The molecule has 0 saturated heterocycles. The van der Waals surface area contributed by atoms with Crippen LogP contribution in [0.5, 0.6) is 5.75 Å². The minimum Gasteiger partial charge on any atom is -0.491 e. The molecule has 20 heavy (non-hydrogen) atoms. The average Bonchev–Trinajstić information content (AvgIpc) is 2.71. The molecule has 1 aliphatic carbocycles. The van der Waals surface area contributed by atoms with Crippen LogP contribution in [0.1, 0.15) is 38.5 Å². The zero-order chi connectivity index (χ0) is 13.8. The molecule has 3 heteroatoms. The van der Waals surface area contributed by atoms with E-state index in [2.05, 4.69) is 11.0 Å². The van der Waals surface area contributed by atoms with Crippen LogP contribution in [0.4, 0.5) is 5.69 Å². The van der Waals surface area contributed by atoms with Crippen molar-refractivity contribution in [1.82, 2.24) is 0 Å². The Kier molecular flexibility index (Phi) is 4.46. The summed E-state index contributed by atoms with van der Waals surface area (Å²) in [6.45, 7) is 2.48. The number of hydrogen-bond acceptors (Lipinski definition) is 3. The first-order chi connectivity index (χ1) is 9.84. The van der Waals surface area contributed by atoms with Crippen LogP contribution in [0.15, 0.2) is 24.3 Å². The summed E-state index contributed by atoms with van der Waals surface area (Å²) in [6, 6.07) is 8.20. The van der Waals surface area contributed by atoms with E-state index in [4.69, 9.17) is 4.74 Å². The maximum Gasteiger partial charge on any atom is 0.142 e. The normalized spacial score (nSPS) is 21.8. The molecular weight excluding hydrogens is 250 g/mol. The van der Waals surface area contributed by atoms with Gasteiger partial charge in [-0.3, -0.25) is 0 Å². The number of hydrogen-bond donors (Lipinski definition) is 1. The van der Waals surface area contributed by atoms with Gasteiger partial charge in [0.1, 0.15) is 5.75 Å². The molecule has 0 aromatic heterocycles. The van der Waals surface area contributed by atoms with Gasteiger partial charge in [-0.05, 0) is 37.3 Å². The Morgan fingerprint density at radius 1 is 1.15 bits per heavy atom. The number of fused-ring (bicyclic) bond motifs is 1. The van der Waals surface area contributed by atoms with Gasteiger partial charge in [-0.2, -0.15) is 0 Å². The van der Waals surface area contributed by atoms with Gasteiger partial charge in [0.15, 0.2) is 0 Å². The third-order valence-electron chi connectivity index (χ3n) is 4.64. The molecule has 1 aliphatic heterocycles. The van der Waals surface area contributed by atoms with E-state index in [1.165, 1.54) is 32.1 Å². The smallest absolute Gasteiger partial charge is 0.142 e. The van der Waals surface area contributed by atoms with Crippen LogP contribution in [0.25, 0.3) is 0 Å². The van der Waals surface area contributed by atoms with Gasteiger partial charge >= 0.3 is 0 Å². The first-order valence-corrected chi connectivity index (χ1v) is 7.99. The van der Waals surface area contributed by atoms with E-state index in [1.54, 1.807) is 0 Å². The third kappa shape index (κ3) is 3.09. The van der Waals surface area contributed by atoms with Crippen LogP contribution in [0.2, 0.25) is 0 Å². The van der Waals surface area contributed by atoms with E-state index in [0.717, 1.165) is 37.6 Å². The lowest BCUT2D eigenvalue weighted by atomic mass is 9.85. The fourth-order valence-electron chi connectivity index (χ4n) is 3.48. The van der Waals surface area contributed by atoms with Crippen molar-refractivity contribution >= 4 is 5.69 Å². The van der Waals surface area contributed by atoms with Crippen LogP contribution in [0.3, 0.4) is 0 Å². The van der Waals surface area contributed by atoms with Crippen molar-refractivity contribution in [3.63, 3.8) is 0 Å². The van der Waals surface area contributed by atoms with Crippen LogP contribution in [0, 0.1) is 5.92 Å². The molecule has 1 atom stereocenters. The minimum absolute atomic E-state index is 0.207. The predicted octanol–water partition coefficient (Wildman–Crippen LogP) is 3.22. The Morgan fingerprint density at radius 2 is 1.95 bits per heavy atom. The van der Waals surface area contributed by atoms with E-state index in [9.17, 15) is 5.11 Å². The van der Waals surface area contributed by atoms with Crippen molar-refractivity contribution in [2.45, 2.75) is 44.6 Å². The highest BCUT2D eigenvalue weighted by molar-refractivity contribution is 5.59. The number of anilines is 1. The predicted molar refractivity (Wildman–Crippen MR) is 81.3 cm³/mol. The molecule has 2 aliphatic rings. The van der Waals surface area contributed by atoms with Crippen LogP contribution >= 0.6 is 0 Å². The Hall–Kier alpha value is -1.22. The molecule has 1 fully saturated rings. The lowest BCUT2D eigenvalue weighted by molar-refractivity contribution is 0.0900. The van der Waals surface area contributed by atoms with Crippen molar-refractivity contribution in [2.75, 3.05) is 24.6 Å². The van der Waals surface area contributed by atoms with E-state index in [0.29, 0.717) is 5.92 Å². The largest absolute Gasteiger partial charge is 0.491 e. The molecule has 1 aromatic rings. The lowest BCUT2D eigenvalue weighted by Crippen LogP contribution is -2.37. The molecule has 0 spiro atoms. The molecule has 1 aromatic carbocycles. The number of β-amino-alcohol motifs (C(OH)–C–C–N with tert-alkyl or cyclic N) is 1. The van der Waals surface area contributed by atoms with Gasteiger partial charge in [-0.25, -0.2) is 0 Å². The highest BCUT2D eigenvalue weighted by atomic mass is 16.5. The van der Waals surface area contributed by atoms with Gasteiger partial charge in [0.2, 0.25) is 0 Å². The Labute approximate surface area is 121 Å². The SMILES string of the molecule is OC(CN1CCCOc2ccccc21)C1CCCCC1. The highest BCUT2D eigenvalue weighted by Gasteiger charge is 2.25. The van der Waals surface area contributed by atoms with Crippen molar-refractivity contribution in [3.05, 3.63) is 24.3 Å². The summed E-state index contributed by atoms with van der Waals surface area (Å²) in [5.41, 5.74) is 1.14. The molecule has 1 saturated carbocycles. The van der Waals surface area contributed by atoms with Gasteiger partial charge < -0.3 is 14.7 Å². The summed E-state index contributed by atoms with van der Waals surface area (Å²) in [5.74, 6) is 1.45. The van der Waals surface area contributed by atoms with Gasteiger partial charge in [0.25, 0.3) is 0 Å². The number of aliphatic hydroxyl groups is 1. The number of benzene rings is 1. The van der Waals surface area contributed by atoms with Crippen LogP contribution < -0.4 is 9.64 Å². The van der Waals surface area contributed by atoms with Crippen molar-refractivity contribution in [1.29, 1.82) is 0 Å². The lowest BCUT2D eigenvalue weighted by Gasteiger charge is -2.32. The molecule has 1 unspecified atom stereocenters. The second-order valence-electron chi connectivity index (χ2n) is 6.08. The number of nitrogens with zero attached hydrogens (tertiary/aromatic N) is 1. The van der Waals surface area contributed by atoms with Crippen molar-refractivity contribution in [3.8, 4) is 5.75 Å². The average molecular weight is 275 g/mol. The Bertz CT molecular complexity index is 429. The monoisotopic (exact) mass is 275 g/mol. The molecule has 110 valence electrons. The minimum atomic E-state index is -0.207. The number of aliphatic hydroxyl groups excluding tert-OH is 1. The molecule has 0 amide bonds. The first-order valence-electron chi connectivity index (χ1n) is 7.99.